The van der Waals surface area contributed by atoms with Gasteiger partial charge in [0.1, 0.15) is 17.8 Å². The number of hydrazine groups is 1. The first kappa shape index (κ1) is 33.3. The number of ether oxygens (including phenoxy) is 2. The number of carbonyl (C=O) groups excluding carboxylic acids is 4. The van der Waals surface area contributed by atoms with Crippen LogP contribution >= 0.6 is 7.82 Å². The fraction of sp³-hybridized carbons (Fsp3) is 0.333. The number of fused-ring (bicyclic) bond motifs is 1. The van der Waals surface area contributed by atoms with Crippen molar-refractivity contribution in [1.29, 1.82) is 0 Å². The van der Waals surface area contributed by atoms with Crippen molar-refractivity contribution in [3.63, 3.8) is 0 Å². The predicted octanol–water partition coefficient (Wildman–Crippen LogP) is 2.94. The molecule has 3 aliphatic rings. The maximum atomic E-state index is 13.6. The number of amidine groups is 1. The van der Waals surface area contributed by atoms with Gasteiger partial charge in [-0.1, -0.05) is 6.07 Å². The molecule has 1 atom stereocenters. The van der Waals surface area contributed by atoms with Crippen molar-refractivity contribution in [3.05, 3.63) is 70.4 Å². The number of carbonyl (C=O) groups is 4. The third kappa shape index (κ3) is 8.03. The number of nitrogens with one attached hydrogen (secondary N) is 2. The molecule has 2 aromatic rings. The zero-order valence-corrected chi connectivity index (χ0v) is 26.6. The largest absolute Gasteiger partial charge is 0.524 e. The highest BCUT2D eigenvalue weighted by Crippen LogP contribution is 2.37. The first-order valence-corrected chi connectivity index (χ1v) is 16.2. The molecule has 4 N–H and O–H groups in total. The van der Waals surface area contributed by atoms with Crippen LogP contribution in [0.4, 0.5) is 10.5 Å². The first-order valence-electron chi connectivity index (χ1n) is 14.6. The zero-order chi connectivity index (χ0) is 33.9. The van der Waals surface area contributed by atoms with Gasteiger partial charge < -0.3 is 19.3 Å². The maximum absolute atomic E-state index is 13.6. The second-order valence-corrected chi connectivity index (χ2v) is 12.1. The van der Waals surface area contributed by atoms with Crippen molar-refractivity contribution in [2.24, 2.45) is 15.9 Å². The van der Waals surface area contributed by atoms with Gasteiger partial charge in [0.15, 0.2) is 5.84 Å². The van der Waals surface area contributed by atoms with E-state index in [9.17, 15) is 23.7 Å². The lowest BCUT2D eigenvalue weighted by Crippen LogP contribution is -2.45. The van der Waals surface area contributed by atoms with Crippen molar-refractivity contribution >= 4 is 49.6 Å². The van der Waals surface area contributed by atoms with Gasteiger partial charge in [-0.25, -0.2) is 29.0 Å². The van der Waals surface area contributed by atoms with E-state index in [0.717, 1.165) is 35.4 Å². The zero-order valence-electron chi connectivity index (χ0n) is 25.7. The molecule has 1 aliphatic carbocycles. The van der Waals surface area contributed by atoms with Crippen molar-refractivity contribution in [1.82, 2.24) is 20.7 Å². The van der Waals surface area contributed by atoms with Crippen LogP contribution in [0, 0.1) is 12.8 Å². The third-order valence-corrected chi connectivity index (χ3v) is 7.99. The lowest BCUT2D eigenvalue weighted by atomic mass is 10.0. The van der Waals surface area contributed by atoms with E-state index in [4.69, 9.17) is 24.3 Å². The van der Waals surface area contributed by atoms with Gasteiger partial charge in [0.25, 0.3) is 5.91 Å². The fourth-order valence-electron chi connectivity index (χ4n) is 4.90. The molecule has 1 unspecified atom stereocenters. The molecule has 5 rings (SSSR count). The number of nitrogens with zero attached hydrogens (tertiary/aromatic N) is 4. The molecule has 2 heterocycles. The number of hydrogen-bond acceptors (Lipinski definition) is 11. The summed E-state index contributed by atoms with van der Waals surface area (Å²) in [4.78, 5) is 79.2. The average molecular weight is 669 g/mol. The predicted molar refractivity (Wildman–Crippen MR) is 167 cm³/mol. The molecule has 47 heavy (non-hydrogen) atoms. The van der Waals surface area contributed by atoms with Crippen molar-refractivity contribution in [2.75, 3.05) is 19.9 Å². The monoisotopic (exact) mass is 668 g/mol. The average Bonchev–Trinajstić information content (AvgIpc) is 3.77. The minimum atomic E-state index is -4.76. The second-order valence-electron chi connectivity index (χ2n) is 10.9. The van der Waals surface area contributed by atoms with Crippen LogP contribution in [0.15, 0.2) is 63.7 Å². The van der Waals surface area contributed by atoms with E-state index >= 15 is 0 Å². The standard InChI is InChI=1S/C30H33N6O10P/c1-4-35(30(40)45-16-44-29(39)19-7-11-22(12-8-19)46-47(41,42)43)28(38)23-14-36-25(18(23)3)26(31-15-32-36)34-24-13-20(6-5-17(24)2)27(37)33-21-9-10-21/h5-8,11-13,15,21,23H,4,9-10,14,16H2,1-3H3,(H,33,37)(H,31,32,34)(H2,41,42,43). The Hall–Kier alpha value is -5.05. The molecular formula is C30H33N6O10P. The van der Waals surface area contributed by atoms with Crippen molar-refractivity contribution in [3.8, 4) is 5.75 Å². The molecule has 248 valence electrons. The van der Waals surface area contributed by atoms with Crippen LogP contribution in [-0.2, 0) is 18.8 Å². The number of hydrogen-bond donors (Lipinski definition) is 4. The van der Waals surface area contributed by atoms with Crippen molar-refractivity contribution < 1.29 is 47.5 Å². The van der Waals surface area contributed by atoms with Crippen LogP contribution in [0.1, 0.15) is 53.0 Å². The van der Waals surface area contributed by atoms with Crippen LogP contribution < -0.4 is 15.3 Å². The fourth-order valence-corrected chi connectivity index (χ4v) is 5.29. The summed E-state index contributed by atoms with van der Waals surface area (Å²) < 4.78 is 25.4. The number of phosphoric acid groups is 1. The lowest BCUT2D eigenvalue weighted by molar-refractivity contribution is -0.133. The topological polar surface area (TPSA) is 209 Å². The van der Waals surface area contributed by atoms with Gasteiger partial charge in [0, 0.05) is 18.2 Å². The third-order valence-electron chi connectivity index (χ3n) is 7.54. The summed E-state index contributed by atoms with van der Waals surface area (Å²) in [6.45, 7) is 4.58. The number of rotatable bonds is 10. The molecule has 0 saturated heterocycles. The van der Waals surface area contributed by atoms with Gasteiger partial charge in [-0.15, -0.1) is 0 Å². The molecule has 0 bridgehead atoms. The molecule has 0 spiro atoms. The van der Waals surface area contributed by atoms with Crippen molar-refractivity contribution in [2.45, 2.75) is 39.7 Å². The molecule has 1 fully saturated rings. The smallest absolute Gasteiger partial charge is 0.424 e. The minimum Gasteiger partial charge on any atom is -0.424 e. The van der Waals surface area contributed by atoms with Gasteiger partial charge in [-0.05, 0) is 81.1 Å². The second kappa shape index (κ2) is 13.7. The molecule has 16 nitrogen and oxygen atoms in total. The van der Waals surface area contributed by atoms with E-state index in [1.54, 1.807) is 31.0 Å². The highest BCUT2D eigenvalue weighted by Gasteiger charge is 2.40. The van der Waals surface area contributed by atoms with Crippen LogP contribution in [0.3, 0.4) is 0 Å². The van der Waals surface area contributed by atoms with E-state index in [-0.39, 0.29) is 36.4 Å². The lowest BCUT2D eigenvalue weighted by Gasteiger charge is -2.26. The van der Waals surface area contributed by atoms with Gasteiger partial charge in [-0.3, -0.25) is 29.8 Å². The Morgan fingerprint density at radius 3 is 2.45 bits per heavy atom. The molecule has 3 amide bonds. The minimum absolute atomic E-state index is 0.00280. The first-order chi connectivity index (χ1) is 22.3. The molecule has 1 saturated carbocycles. The Morgan fingerprint density at radius 1 is 1.09 bits per heavy atom. The van der Waals surface area contributed by atoms with Gasteiger partial charge in [0.2, 0.25) is 12.7 Å². The highest BCUT2D eigenvalue weighted by molar-refractivity contribution is 7.46. The van der Waals surface area contributed by atoms with E-state index < -0.39 is 38.5 Å². The summed E-state index contributed by atoms with van der Waals surface area (Å²) in [5.41, 5.74) is 6.04. The Bertz CT molecular complexity index is 1730. The molecule has 2 aliphatic heterocycles. The Kier molecular flexibility index (Phi) is 9.75. The van der Waals surface area contributed by atoms with E-state index in [1.807, 2.05) is 13.0 Å². The normalized spacial score (nSPS) is 17.9. The Labute approximate surface area is 269 Å². The molecule has 17 heteroatoms. The highest BCUT2D eigenvalue weighted by atomic mass is 31.2. The summed E-state index contributed by atoms with van der Waals surface area (Å²) >= 11 is 0. The summed E-state index contributed by atoms with van der Waals surface area (Å²) in [5, 5.41) is 4.67. The van der Waals surface area contributed by atoms with E-state index in [2.05, 4.69) is 20.3 Å². The number of esters is 1. The summed E-state index contributed by atoms with van der Waals surface area (Å²) in [6.07, 6.45) is 2.36. The number of benzene rings is 2. The summed E-state index contributed by atoms with van der Waals surface area (Å²) in [7, 11) is -4.76. The maximum Gasteiger partial charge on any atom is 0.524 e. The molecule has 2 aromatic carbocycles. The number of imide groups is 1. The Balaban J connectivity index is 1.23. The van der Waals surface area contributed by atoms with Gasteiger partial charge in [0.05, 0.1) is 23.7 Å². The molecule has 0 aromatic heterocycles. The summed E-state index contributed by atoms with van der Waals surface area (Å²) in [6, 6.07) is 10.2. The quantitative estimate of drug-likeness (QED) is 0.164. The number of amides is 3. The molecule has 0 radical (unpaired) electrons. The number of phosphoric ester groups is 1. The Morgan fingerprint density at radius 2 is 1.79 bits per heavy atom. The van der Waals surface area contributed by atoms with Crippen LogP contribution in [0.2, 0.25) is 0 Å². The van der Waals surface area contributed by atoms with E-state index in [0.29, 0.717) is 28.4 Å². The van der Waals surface area contributed by atoms with Gasteiger partial charge in [-0.2, -0.15) is 0 Å². The van der Waals surface area contributed by atoms with Crippen LogP contribution in [-0.4, -0.2) is 81.7 Å². The number of aliphatic imine (C=N–C) groups is 2. The van der Waals surface area contributed by atoms with Gasteiger partial charge >= 0.3 is 19.9 Å². The molecular weight excluding hydrogens is 635 g/mol. The SMILES string of the molecule is CCN(C(=O)OCOC(=O)c1ccc(OP(=O)(O)O)cc1)C(=O)C1CN2NC=NC(=Nc3cc(C(=O)NC4CC4)ccc3C)C2=C1C. The van der Waals surface area contributed by atoms with E-state index in [1.165, 1.54) is 18.5 Å². The summed E-state index contributed by atoms with van der Waals surface area (Å²) in [5.74, 6) is -2.18. The van der Waals surface area contributed by atoms with Crippen LogP contribution in [0.25, 0.3) is 0 Å². The van der Waals surface area contributed by atoms with Crippen LogP contribution in [0.5, 0.6) is 5.75 Å². The number of aryl methyl sites for hydroxylation is 1.